The molecule has 0 aromatic heterocycles. The van der Waals surface area contributed by atoms with Crippen molar-refractivity contribution in [3.8, 4) is 0 Å². The van der Waals surface area contributed by atoms with Gasteiger partial charge in [-0.05, 0) is 24.6 Å². The lowest BCUT2D eigenvalue weighted by atomic mass is 10.2. The van der Waals surface area contributed by atoms with Gasteiger partial charge in [0, 0.05) is 5.69 Å². The highest BCUT2D eigenvalue weighted by Gasteiger charge is 2.30. The molecule has 18 heavy (non-hydrogen) atoms. The molecule has 0 bridgehead atoms. The van der Waals surface area contributed by atoms with Gasteiger partial charge in [0.15, 0.2) is 9.84 Å². The molecular weight excluding hydrogens is 271 g/mol. The standard InChI is InChI=1S/C10H12F3NO3S/c1-7-2-3-8(14)6-9(7)18(15,16)5-4-17-10(11,12)13/h2-3,6H,4-5,14H2,1H3. The molecule has 0 saturated carbocycles. The van der Waals surface area contributed by atoms with Gasteiger partial charge in [-0.25, -0.2) is 8.42 Å². The molecule has 0 heterocycles. The van der Waals surface area contributed by atoms with Crippen molar-refractivity contribution in [2.24, 2.45) is 0 Å². The molecule has 1 rings (SSSR count). The van der Waals surface area contributed by atoms with Crippen LogP contribution < -0.4 is 5.73 Å². The van der Waals surface area contributed by atoms with Crippen LogP contribution in [-0.4, -0.2) is 27.1 Å². The van der Waals surface area contributed by atoms with Crippen LogP contribution >= 0.6 is 0 Å². The number of aryl methyl sites for hydroxylation is 1. The maximum Gasteiger partial charge on any atom is 0.522 e. The second-order valence-corrected chi connectivity index (χ2v) is 5.72. The Morgan fingerprint density at radius 2 is 1.94 bits per heavy atom. The Morgan fingerprint density at radius 3 is 2.50 bits per heavy atom. The molecule has 0 fully saturated rings. The molecular formula is C10H12F3NO3S. The fourth-order valence-electron chi connectivity index (χ4n) is 1.33. The van der Waals surface area contributed by atoms with Gasteiger partial charge in [-0.1, -0.05) is 6.07 Å². The summed E-state index contributed by atoms with van der Waals surface area (Å²) in [5.74, 6) is -0.753. The van der Waals surface area contributed by atoms with Crippen LogP contribution in [0.15, 0.2) is 23.1 Å². The van der Waals surface area contributed by atoms with Crippen LogP contribution in [-0.2, 0) is 14.6 Å². The van der Waals surface area contributed by atoms with Gasteiger partial charge in [-0.3, -0.25) is 4.74 Å². The van der Waals surface area contributed by atoms with Gasteiger partial charge in [0.25, 0.3) is 0 Å². The van der Waals surface area contributed by atoms with Gasteiger partial charge < -0.3 is 5.73 Å². The third-order valence-electron chi connectivity index (χ3n) is 2.17. The molecule has 1 aromatic carbocycles. The van der Waals surface area contributed by atoms with Gasteiger partial charge in [-0.15, -0.1) is 13.2 Å². The van der Waals surface area contributed by atoms with E-state index in [1.807, 2.05) is 0 Å². The molecule has 0 saturated heterocycles. The fraction of sp³-hybridized carbons (Fsp3) is 0.400. The van der Waals surface area contributed by atoms with Crippen LogP contribution in [0.25, 0.3) is 0 Å². The molecule has 0 atom stereocenters. The van der Waals surface area contributed by atoms with E-state index in [1.54, 1.807) is 0 Å². The minimum Gasteiger partial charge on any atom is -0.399 e. The summed E-state index contributed by atoms with van der Waals surface area (Å²) < 4.78 is 62.2. The highest BCUT2D eigenvalue weighted by molar-refractivity contribution is 7.91. The number of hydrogen-bond acceptors (Lipinski definition) is 4. The molecule has 0 radical (unpaired) electrons. The van der Waals surface area contributed by atoms with E-state index in [0.29, 0.717) is 5.56 Å². The SMILES string of the molecule is Cc1ccc(N)cc1S(=O)(=O)CCOC(F)(F)F. The van der Waals surface area contributed by atoms with E-state index in [9.17, 15) is 21.6 Å². The van der Waals surface area contributed by atoms with E-state index in [2.05, 4.69) is 4.74 Å². The number of sulfone groups is 1. The second-order valence-electron chi connectivity index (χ2n) is 3.64. The first-order chi connectivity index (χ1) is 8.12. The lowest BCUT2D eigenvalue weighted by molar-refractivity contribution is -0.322. The summed E-state index contributed by atoms with van der Waals surface area (Å²) in [6.07, 6.45) is -4.83. The molecule has 1 aromatic rings. The first kappa shape index (κ1) is 14.8. The highest BCUT2D eigenvalue weighted by atomic mass is 32.2. The van der Waals surface area contributed by atoms with E-state index >= 15 is 0 Å². The van der Waals surface area contributed by atoms with Crippen LogP contribution in [0.1, 0.15) is 5.56 Å². The number of anilines is 1. The van der Waals surface area contributed by atoms with Crippen LogP contribution in [0.5, 0.6) is 0 Å². The number of rotatable bonds is 4. The highest BCUT2D eigenvalue weighted by Crippen LogP contribution is 2.21. The van der Waals surface area contributed by atoms with E-state index in [-0.39, 0.29) is 10.6 Å². The second kappa shape index (κ2) is 5.15. The number of nitrogens with two attached hydrogens (primary N) is 1. The van der Waals surface area contributed by atoms with E-state index < -0.39 is 28.6 Å². The molecule has 8 heteroatoms. The predicted molar refractivity (Wildman–Crippen MR) is 59.7 cm³/mol. The molecule has 4 nitrogen and oxygen atoms in total. The van der Waals surface area contributed by atoms with Crippen molar-refractivity contribution in [3.63, 3.8) is 0 Å². The summed E-state index contributed by atoms with van der Waals surface area (Å²) >= 11 is 0. The van der Waals surface area contributed by atoms with Crippen LogP contribution in [0.4, 0.5) is 18.9 Å². The van der Waals surface area contributed by atoms with E-state index in [1.165, 1.54) is 25.1 Å². The van der Waals surface area contributed by atoms with Gasteiger partial charge in [0.2, 0.25) is 0 Å². The molecule has 0 aliphatic carbocycles. The Kier molecular flexibility index (Phi) is 4.23. The van der Waals surface area contributed by atoms with Crippen molar-refractivity contribution >= 4 is 15.5 Å². The lowest BCUT2D eigenvalue weighted by Crippen LogP contribution is -2.20. The average molecular weight is 283 g/mol. The molecule has 102 valence electrons. The maximum atomic E-state index is 11.8. The van der Waals surface area contributed by atoms with Crippen LogP contribution in [0.2, 0.25) is 0 Å². The lowest BCUT2D eigenvalue weighted by Gasteiger charge is -2.10. The number of halogens is 3. The van der Waals surface area contributed by atoms with Crippen molar-refractivity contribution in [2.75, 3.05) is 18.1 Å². The number of benzene rings is 1. The van der Waals surface area contributed by atoms with Crippen molar-refractivity contribution < 1.29 is 26.3 Å². The topological polar surface area (TPSA) is 69.4 Å². The fourth-order valence-corrected chi connectivity index (χ4v) is 2.73. The first-order valence-electron chi connectivity index (χ1n) is 4.91. The number of alkyl halides is 3. The minimum absolute atomic E-state index is 0.0757. The Hall–Kier alpha value is -1.28. The Morgan fingerprint density at radius 1 is 1.33 bits per heavy atom. The zero-order chi connectivity index (χ0) is 14.0. The molecule has 0 amide bonds. The molecule has 0 unspecified atom stereocenters. The Balaban J connectivity index is 2.84. The number of nitrogen functional groups attached to an aromatic ring is 1. The van der Waals surface area contributed by atoms with Gasteiger partial charge in [0.1, 0.15) is 0 Å². The summed E-state index contributed by atoms with van der Waals surface area (Å²) in [7, 11) is -3.84. The van der Waals surface area contributed by atoms with Crippen LogP contribution in [0.3, 0.4) is 0 Å². The summed E-state index contributed by atoms with van der Waals surface area (Å²) in [5, 5.41) is 0. The number of ether oxygens (including phenoxy) is 1. The smallest absolute Gasteiger partial charge is 0.399 e. The zero-order valence-electron chi connectivity index (χ0n) is 9.49. The van der Waals surface area contributed by atoms with E-state index in [4.69, 9.17) is 5.73 Å². The first-order valence-corrected chi connectivity index (χ1v) is 6.56. The molecule has 0 spiro atoms. The van der Waals surface area contributed by atoms with Crippen molar-refractivity contribution in [1.29, 1.82) is 0 Å². The predicted octanol–water partition coefficient (Wildman–Crippen LogP) is 1.89. The summed E-state index contributed by atoms with van der Waals surface area (Å²) in [6, 6.07) is 4.23. The van der Waals surface area contributed by atoms with E-state index in [0.717, 1.165) is 0 Å². The largest absolute Gasteiger partial charge is 0.522 e. The third-order valence-corrected chi connectivity index (χ3v) is 3.98. The normalized spacial score (nSPS) is 12.7. The summed E-state index contributed by atoms with van der Waals surface area (Å²) in [6.45, 7) is 0.594. The third kappa shape index (κ3) is 4.19. The van der Waals surface area contributed by atoms with Crippen molar-refractivity contribution in [2.45, 2.75) is 18.2 Å². The quantitative estimate of drug-likeness (QED) is 0.857. The minimum atomic E-state index is -4.83. The van der Waals surface area contributed by atoms with Gasteiger partial charge >= 0.3 is 6.36 Å². The monoisotopic (exact) mass is 283 g/mol. The van der Waals surface area contributed by atoms with Crippen molar-refractivity contribution in [1.82, 2.24) is 0 Å². The molecule has 2 N–H and O–H groups in total. The molecule has 0 aliphatic rings. The number of hydrogen-bond donors (Lipinski definition) is 1. The van der Waals surface area contributed by atoms with Gasteiger partial charge in [0.05, 0.1) is 17.3 Å². The van der Waals surface area contributed by atoms with Gasteiger partial charge in [-0.2, -0.15) is 0 Å². The summed E-state index contributed by atoms with van der Waals surface area (Å²) in [5.41, 5.74) is 6.11. The maximum absolute atomic E-state index is 11.8. The molecule has 0 aliphatic heterocycles. The average Bonchev–Trinajstić information content (AvgIpc) is 2.19. The summed E-state index contributed by atoms with van der Waals surface area (Å²) in [4.78, 5) is -0.0757. The Labute approximate surface area is 102 Å². The Bertz CT molecular complexity index is 526. The van der Waals surface area contributed by atoms with Crippen LogP contribution in [0, 0.1) is 6.92 Å². The zero-order valence-corrected chi connectivity index (χ0v) is 10.3. The van der Waals surface area contributed by atoms with Crippen molar-refractivity contribution in [3.05, 3.63) is 23.8 Å².